The Morgan fingerprint density at radius 2 is 2.13 bits per heavy atom. The SMILES string of the molecule is CCOc1cc(NC(=NC)NCCc2cccs2)ccc1OC. The number of thiophene rings is 1. The fraction of sp³-hybridized carbons (Fsp3) is 0.353. The van der Waals surface area contributed by atoms with E-state index in [0.717, 1.165) is 30.4 Å². The topological polar surface area (TPSA) is 54.9 Å². The number of methoxy groups -OCH3 is 1. The Morgan fingerprint density at radius 1 is 1.26 bits per heavy atom. The quantitative estimate of drug-likeness (QED) is 0.602. The molecule has 6 heteroatoms. The van der Waals surface area contributed by atoms with Crippen molar-refractivity contribution in [2.75, 3.05) is 32.6 Å². The molecule has 0 saturated carbocycles. The number of aliphatic imine (C=N–C) groups is 1. The maximum Gasteiger partial charge on any atom is 0.195 e. The predicted octanol–water partition coefficient (Wildman–Crippen LogP) is 3.39. The zero-order chi connectivity index (χ0) is 16.5. The molecule has 1 aromatic heterocycles. The van der Waals surface area contributed by atoms with Crippen molar-refractivity contribution >= 4 is 23.0 Å². The van der Waals surface area contributed by atoms with Crippen LogP contribution in [0.3, 0.4) is 0 Å². The van der Waals surface area contributed by atoms with E-state index in [-0.39, 0.29) is 0 Å². The maximum absolute atomic E-state index is 5.59. The van der Waals surface area contributed by atoms with Crippen LogP contribution in [0.4, 0.5) is 5.69 Å². The third-order valence-corrected chi connectivity index (χ3v) is 4.13. The summed E-state index contributed by atoms with van der Waals surface area (Å²) in [6.45, 7) is 3.37. The van der Waals surface area contributed by atoms with E-state index in [4.69, 9.17) is 9.47 Å². The summed E-state index contributed by atoms with van der Waals surface area (Å²) in [4.78, 5) is 5.60. The molecule has 0 fully saturated rings. The van der Waals surface area contributed by atoms with Gasteiger partial charge in [0.2, 0.25) is 0 Å². The number of ether oxygens (including phenoxy) is 2. The van der Waals surface area contributed by atoms with Gasteiger partial charge in [0, 0.05) is 30.2 Å². The van der Waals surface area contributed by atoms with Crippen molar-refractivity contribution in [1.82, 2.24) is 5.32 Å². The fourth-order valence-electron chi connectivity index (χ4n) is 2.10. The number of nitrogens with zero attached hydrogens (tertiary/aromatic N) is 1. The van der Waals surface area contributed by atoms with Gasteiger partial charge in [0.1, 0.15) is 0 Å². The molecule has 0 atom stereocenters. The highest BCUT2D eigenvalue weighted by molar-refractivity contribution is 7.09. The molecule has 1 heterocycles. The predicted molar refractivity (Wildman–Crippen MR) is 97.2 cm³/mol. The number of nitrogens with one attached hydrogen (secondary N) is 2. The minimum absolute atomic E-state index is 0.591. The van der Waals surface area contributed by atoms with Crippen molar-refractivity contribution in [2.45, 2.75) is 13.3 Å². The van der Waals surface area contributed by atoms with E-state index < -0.39 is 0 Å². The monoisotopic (exact) mass is 333 g/mol. The van der Waals surface area contributed by atoms with Crippen molar-refractivity contribution in [3.63, 3.8) is 0 Å². The number of guanidine groups is 1. The van der Waals surface area contributed by atoms with Crippen LogP contribution in [-0.2, 0) is 6.42 Å². The van der Waals surface area contributed by atoms with Crippen LogP contribution < -0.4 is 20.1 Å². The maximum atomic E-state index is 5.59. The molecule has 0 unspecified atom stereocenters. The Balaban J connectivity index is 1.94. The Hall–Kier alpha value is -2.21. The Morgan fingerprint density at radius 3 is 2.78 bits per heavy atom. The van der Waals surface area contributed by atoms with E-state index in [1.807, 2.05) is 25.1 Å². The number of anilines is 1. The molecule has 1 aromatic carbocycles. The second kappa shape index (κ2) is 9.05. The molecule has 2 aromatic rings. The van der Waals surface area contributed by atoms with E-state index in [0.29, 0.717) is 12.4 Å². The van der Waals surface area contributed by atoms with Crippen molar-refractivity contribution < 1.29 is 9.47 Å². The lowest BCUT2D eigenvalue weighted by atomic mass is 10.2. The third-order valence-electron chi connectivity index (χ3n) is 3.19. The lowest BCUT2D eigenvalue weighted by molar-refractivity contribution is 0.311. The summed E-state index contributed by atoms with van der Waals surface area (Å²) in [7, 11) is 3.39. The molecule has 0 aliphatic rings. The van der Waals surface area contributed by atoms with Crippen LogP contribution in [0.25, 0.3) is 0 Å². The van der Waals surface area contributed by atoms with E-state index in [9.17, 15) is 0 Å². The molecule has 0 aliphatic heterocycles. The first kappa shape index (κ1) is 17.1. The van der Waals surface area contributed by atoms with Crippen molar-refractivity contribution in [1.29, 1.82) is 0 Å². The summed E-state index contributed by atoms with van der Waals surface area (Å²) < 4.78 is 10.9. The van der Waals surface area contributed by atoms with Crippen LogP contribution in [0, 0.1) is 0 Å². The fourth-order valence-corrected chi connectivity index (χ4v) is 2.81. The number of benzene rings is 1. The molecule has 0 aliphatic carbocycles. The molecule has 2 rings (SSSR count). The zero-order valence-corrected chi connectivity index (χ0v) is 14.6. The van der Waals surface area contributed by atoms with Gasteiger partial charge < -0.3 is 20.1 Å². The molecular formula is C17H23N3O2S. The molecule has 0 amide bonds. The van der Waals surface area contributed by atoms with Crippen LogP contribution >= 0.6 is 11.3 Å². The average molecular weight is 333 g/mol. The van der Waals surface area contributed by atoms with Gasteiger partial charge >= 0.3 is 0 Å². The standard InChI is InChI=1S/C17H23N3O2S/c1-4-22-16-12-13(7-8-15(16)21-3)20-17(18-2)19-10-9-14-6-5-11-23-14/h5-8,11-12H,4,9-10H2,1-3H3,(H2,18,19,20). The molecule has 0 saturated heterocycles. The molecule has 23 heavy (non-hydrogen) atoms. The van der Waals surface area contributed by atoms with Gasteiger partial charge in [-0.1, -0.05) is 6.07 Å². The summed E-state index contributed by atoms with van der Waals surface area (Å²) in [6, 6.07) is 9.94. The first-order chi connectivity index (χ1) is 11.3. The molecular weight excluding hydrogens is 310 g/mol. The summed E-state index contributed by atoms with van der Waals surface area (Å²) in [6.07, 6.45) is 0.977. The number of hydrogen-bond donors (Lipinski definition) is 2. The smallest absolute Gasteiger partial charge is 0.195 e. The molecule has 0 spiro atoms. The van der Waals surface area contributed by atoms with E-state index >= 15 is 0 Å². The minimum Gasteiger partial charge on any atom is -0.493 e. The van der Waals surface area contributed by atoms with Gasteiger partial charge in [0.15, 0.2) is 17.5 Å². The summed E-state index contributed by atoms with van der Waals surface area (Å²) in [5, 5.41) is 8.67. The second-order valence-electron chi connectivity index (χ2n) is 4.75. The zero-order valence-electron chi connectivity index (χ0n) is 13.8. The van der Waals surface area contributed by atoms with Crippen molar-refractivity contribution in [3.05, 3.63) is 40.6 Å². The Kier molecular flexibility index (Phi) is 6.75. The first-order valence-corrected chi connectivity index (χ1v) is 8.45. The largest absolute Gasteiger partial charge is 0.493 e. The highest BCUT2D eigenvalue weighted by atomic mass is 32.1. The van der Waals surface area contributed by atoms with Crippen LogP contribution in [0.5, 0.6) is 11.5 Å². The second-order valence-corrected chi connectivity index (χ2v) is 5.78. The third kappa shape index (κ3) is 5.17. The van der Waals surface area contributed by atoms with Gasteiger partial charge in [0.25, 0.3) is 0 Å². The van der Waals surface area contributed by atoms with Gasteiger partial charge in [0.05, 0.1) is 13.7 Å². The number of hydrogen-bond acceptors (Lipinski definition) is 4. The van der Waals surface area contributed by atoms with Crippen LogP contribution in [-0.4, -0.2) is 33.3 Å². The lowest BCUT2D eigenvalue weighted by Crippen LogP contribution is -2.32. The molecule has 5 nitrogen and oxygen atoms in total. The summed E-state index contributed by atoms with van der Waals surface area (Å²) in [5.41, 5.74) is 0.901. The van der Waals surface area contributed by atoms with Gasteiger partial charge in [-0.05, 0) is 36.9 Å². The average Bonchev–Trinajstić information content (AvgIpc) is 3.08. The molecule has 124 valence electrons. The highest BCUT2D eigenvalue weighted by Crippen LogP contribution is 2.30. The van der Waals surface area contributed by atoms with E-state index in [1.54, 1.807) is 25.5 Å². The van der Waals surface area contributed by atoms with Crippen LogP contribution in [0.2, 0.25) is 0 Å². The Bertz CT molecular complexity index is 627. The van der Waals surface area contributed by atoms with Gasteiger partial charge in [-0.15, -0.1) is 11.3 Å². The van der Waals surface area contributed by atoms with Crippen LogP contribution in [0.1, 0.15) is 11.8 Å². The molecule has 0 bridgehead atoms. The van der Waals surface area contributed by atoms with Crippen molar-refractivity contribution in [2.24, 2.45) is 4.99 Å². The lowest BCUT2D eigenvalue weighted by Gasteiger charge is -2.14. The van der Waals surface area contributed by atoms with Gasteiger partial charge in [-0.2, -0.15) is 0 Å². The number of rotatable bonds is 7. The highest BCUT2D eigenvalue weighted by Gasteiger charge is 2.07. The van der Waals surface area contributed by atoms with Gasteiger partial charge in [-0.25, -0.2) is 0 Å². The van der Waals surface area contributed by atoms with Crippen LogP contribution in [0.15, 0.2) is 40.7 Å². The normalized spacial score (nSPS) is 11.2. The Labute approximate surface area is 141 Å². The van der Waals surface area contributed by atoms with Crippen molar-refractivity contribution in [3.8, 4) is 11.5 Å². The van der Waals surface area contributed by atoms with Gasteiger partial charge in [-0.3, -0.25) is 4.99 Å². The summed E-state index contributed by atoms with van der Waals surface area (Å²) >= 11 is 1.77. The van der Waals surface area contributed by atoms with E-state index in [1.165, 1.54) is 4.88 Å². The molecule has 0 radical (unpaired) electrons. The minimum atomic E-state index is 0.591. The first-order valence-electron chi connectivity index (χ1n) is 7.57. The summed E-state index contributed by atoms with van der Waals surface area (Å²) in [5.74, 6) is 2.17. The molecule has 2 N–H and O–H groups in total. The van der Waals surface area contributed by atoms with E-state index in [2.05, 4.69) is 33.1 Å².